The molecule has 1 aromatic carbocycles. The van der Waals surface area contributed by atoms with Crippen LogP contribution in [0.25, 0.3) is 10.6 Å². The number of thiazole rings is 1. The van der Waals surface area contributed by atoms with E-state index in [2.05, 4.69) is 4.98 Å². The minimum Gasteiger partial charge on any atom is -0.276 e. The molecule has 144 valence electrons. The molecule has 1 saturated heterocycles. The lowest BCUT2D eigenvalue weighted by molar-refractivity contribution is -0.142. The molecule has 1 aromatic heterocycles. The predicted octanol–water partition coefficient (Wildman–Crippen LogP) is 4.89. The fourth-order valence-corrected chi connectivity index (χ4v) is 4.12. The monoisotopic (exact) mass is 396 g/mol. The number of rotatable bonds is 5. The minimum atomic E-state index is -4.38. The quantitative estimate of drug-likeness (QED) is 0.676. The Bertz CT molecular complexity index is 855. The van der Waals surface area contributed by atoms with Crippen LogP contribution in [0.2, 0.25) is 0 Å². The number of hydrogen-bond donors (Lipinski definition) is 0. The molecule has 0 radical (unpaired) electrons. The Labute approximate surface area is 159 Å². The normalized spacial score (nSPS) is 17.0. The van der Waals surface area contributed by atoms with Crippen molar-refractivity contribution in [3.8, 4) is 10.6 Å². The van der Waals surface area contributed by atoms with Gasteiger partial charge < -0.3 is 0 Å². The van der Waals surface area contributed by atoms with Crippen LogP contribution in [0.4, 0.5) is 13.2 Å². The summed E-state index contributed by atoms with van der Waals surface area (Å²) in [5, 5.41) is 2.28. The average Bonchev–Trinajstić information content (AvgIpc) is 3.20. The van der Waals surface area contributed by atoms with Gasteiger partial charge in [-0.25, -0.2) is 4.98 Å². The molecule has 0 atom stereocenters. The predicted molar refractivity (Wildman–Crippen MR) is 95.7 cm³/mol. The van der Waals surface area contributed by atoms with Crippen molar-refractivity contribution in [1.82, 2.24) is 9.88 Å². The number of benzene rings is 1. The smallest absolute Gasteiger partial charge is 0.276 e. The summed E-state index contributed by atoms with van der Waals surface area (Å²) in [6.45, 7) is 3.91. The molecule has 0 spiro atoms. The van der Waals surface area contributed by atoms with Gasteiger partial charge in [0, 0.05) is 17.4 Å². The molecular formula is C19H19F3N2O2S. The van der Waals surface area contributed by atoms with E-state index in [4.69, 9.17) is 0 Å². The first-order valence-corrected chi connectivity index (χ1v) is 9.55. The van der Waals surface area contributed by atoms with Crippen molar-refractivity contribution in [2.24, 2.45) is 5.41 Å². The molecule has 0 saturated carbocycles. The van der Waals surface area contributed by atoms with Gasteiger partial charge in [0.1, 0.15) is 5.01 Å². The van der Waals surface area contributed by atoms with Gasteiger partial charge in [0.05, 0.1) is 23.2 Å². The number of carbonyl (C=O) groups excluding carboxylic acids is 2. The van der Waals surface area contributed by atoms with Gasteiger partial charge in [-0.05, 0) is 25.0 Å². The Hall–Kier alpha value is -2.22. The highest BCUT2D eigenvalue weighted by atomic mass is 32.1. The zero-order valence-corrected chi connectivity index (χ0v) is 15.8. The summed E-state index contributed by atoms with van der Waals surface area (Å²) in [4.78, 5) is 30.6. The van der Waals surface area contributed by atoms with Gasteiger partial charge in [-0.1, -0.05) is 26.0 Å². The van der Waals surface area contributed by atoms with Crippen LogP contribution in [0.3, 0.4) is 0 Å². The molecule has 1 aliphatic rings. The van der Waals surface area contributed by atoms with Gasteiger partial charge in [0.2, 0.25) is 11.8 Å². The van der Waals surface area contributed by atoms with E-state index in [1.54, 1.807) is 5.38 Å². The zero-order chi connectivity index (χ0) is 19.8. The number of carbonyl (C=O) groups is 2. The van der Waals surface area contributed by atoms with Crippen molar-refractivity contribution in [2.75, 3.05) is 0 Å². The van der Waals surface area contributed by atoms with Crippen LogP contribution in [0.15, 0.2) is 29.6 Å². The molecule has 4 nitrogen and oxygen atoms in total. The maximum Gasteiger partial charge on any atom is 0.416 e. The van der Waals surface area contributed by atoms with Crippen LogP contribution in [-0.4, -0.2) is 21.7 Å². The van der Waals surface area contributed by atoms with Crippen LogP contribution in [0, 0.1) is 5.41 Å². The molecule has 1 fully saturated rings. The van der Waals surface area contributed by atoms with Gasteiger partial charge in [-0.2, -0.15) is 13.2 Å². The standard InChI is InChI=1S/C19H19F3N2O2S/c1-3-18(4-2)9-15(25)24(17(18)26)10-14-11-27-16(23-14)12-5-7-13(8-6-12)19(20,21)22/h5-8,11H,3-4,9-10H2,1-2H3. The lowest BCUT2D eigenvalue weighted by atomic mass is 9.81. The number of hydrogen-bond acceptors (Lipinski definition) is 4. The van der Waals surface area contributed by atoms with Gasteiger partial charge in [0.25, 0.3) is 0 Å². The number of imide groups is 1. The molecule has 1 aliphatic heterocycles. The van der Waals surface area contributed by atoms with E-state index in [9.17, 15) is 22.8 Å². The largest absolute Gasteiger partial charge is 0.416 e. The summed E-state index contributed by atoms with van der Waals surface area (Å²) in [6.07, 6.45) is -2.94. The highest BCUT2D eigenvalue weighted by molar-refractivity contribution is 7.13. The van der Waals surface area contributed by atoms with Crippen LogP contribution >= 0.6 is 11.3 Å². The second-order valence-electron chi connectivity index (χ2n) is 6.67. The van der Waals surface area contributed by atoms with E-state index in [1.807, 2.05) is 13.8 Å². The van der Waals surface area contributed by atoms with E-state index >= 15 is 0 Å². The lowest BCUT2D eigenvalue weighted by Crippen LogP contribution is -2.34. The van der Waals surface area contributed by atoms with Gasteiger partial charge in [-0.15, -0.1) is 11.3 Å². The maximum absolute atomic E-state index is 12.7. The van der Waals surface area contributed by atoms with E-state index in [-0.39, 0.29) is 24.8 Å². The molecule has 3 rings (SSSR count). The number of aromatic nitrogens is 1. The first-order chi connectivity index (χ1) is 12.7. The highest BCUT2D eigenvalue weighted by Crippen LogP contribution is 2.40. The molecule has 8 heteroatoms. The van der Waals surface area contributed by atoms with E-state index in [1.165, 1.54) is 28.4 Å². The first-order valence-electron chi connectivity index (χ1n) is 8.67. The Kier molecular flexibility index (Phi) is 5.12. The number of likely N-dealkylation sites (tertiary alicyclic amines) is 1. The summed E-state index contributed by atoms with van der Waals surface area (Å²) in [6, 6.07) is 4.77. The number of alkyl halides is 3. The third-order valence-electron chi connectivity index (χ3n) is 5.17. The van der Waals surface area contributed by atoms with Crippen LogP contribution < -0.4 is 0 Å². The molecule has 2 aromatic rings. The number of halogens is 3. The van der Waals surface area contributed by atoms with E-state index in [0.29, 0.717) is 29.1 Å². The summed E-state index contributed by atoms with van der Waals surface area (Å²) < 4.78 is 38.0. The first kappa shape index (κ1) is 19.5. The molecule has 0 bridgehead atoms. The topological polar surface area (TPSA) is 50.3 Å². The fraction of sp³-hybridized carbons (Fsp3) is 0.421. The van der Waals surface area contributed by atoms with Gasteiger partial charge in [-0.3, -0.25) is 14.5 Å². The maximum atomic E-state index is 12.7. The molecule has 2 amide bonds. The molecular weight excluding hydrogens is 377 g/mol. The Morgan fingerprint density at radius 3 is 2.30 bits per heavy atom. The summed E-state index contributed by atoms with van der Waals surface area (Å²) in [5.74, 6) is -0.366. The Morgan fingerprint density at radius 1 is 1.15 bits per heavy atom. The van der Waals surface area contributed by atoms with Crippen molar-refractivity contribution in [3.63, 3.8) is 0 Å². The second-order valence-corrected chi connectivity index (χ2v) is 7.53. The zero-order valence-electron chi connectivity index (χ0n) is 15.0. The Morgan fingerprint density at radius 2 is 1.78 bits per heavy atom. The summed E-state index contributed by atoms with van der Waals surface area (Å²) in [5.41, 5.74) is -0.218. The van der Waals surface area contributed by atoms with Crippen molar-refractivity contribution < 1.29 is 22.8 Å². The molecule has 0 aliphatic carbocycles. The minimum absolute atomic E-state index is 0.0938. The third kappa shape index (κ3) is 3.63. The van der Waals surface area contributed by atoms with Gasteiger partial charge in [0.15, 0.2) is 0 Å². The van der Waals surface area contributed by atoms with Gasteiger partial charge >= 0.3 is 6.18 Å². The van der Waals surface area contributed by atoms with Crippen LogP contribution in [0.1, 0.15) is 44.4 Å². The third-order valence-corrected chi connectivity index (χ3v) is 6.11. The lowest BCUT2D eigenvalue weighted by Gasteiger charge is -2.23. The van der Waals surface area contributed by atoms with E-state index < -0.39 is 17.2 Å². The van der Waals surface area contributed by atoms with Crippen molar-refractivity contribution in [3.05, 3.63) is 40.9 Å². The van der Waals surface area contributed by atoms with Crippen molar-refractivity contribution in [2.45, 2.75) is 45.8 Å². The second kappa shape index (κ2) is 7.07. The Balaban J connectivity index is 1.77. The van der Waals surface area contributed by atoms with E-state index in [0.717, 1.165) is 12.1 Å². The van der Waals surface area contributed by atoms with Crippen LogP contribution in [-0.2, 0) is 22.3 Å². The fourth-order valence-electron chi connectivity index (χ4n) is 3.30. The molecule has 0 N–H and O–H groups in total. The molecule has 2 heterocycles. The highest BCUT2D eigenvalue weighted by Gasteiger charge is 2.49. The molecule has 27 heavy (non-hydrogen) atoms. The molecule has 0 unspecified atom stereocenters. The van der Waals surface area contributed by atoms with Crippen LogP contribution in [0.5, 0.6) is 0 Å². The van der Waals surface area contributed by atoms with Crippen molar-refractivity contribution >= 4 is 23.2 Å². The summed E-state index contributed by atoms with van der Waals surface area (Å²) in [7, 11) is 0. The van der Waals surface area contributed by atoms with Crippen molar-refractivity contribution in [1.29, 1.82) is 0 Å². The average molecular weight is 396 g/mol. The number of nitrogens with zero attached hydrogens (tertiary/aromatic N) is 2. The SMILES string of the molecule is CCC1(CC)CC(=O)N(Cc2csc(-c3ccc(C(F)(F)F)cc3)n2)C1=O. The number of amides is 2. The summed E-state index contributed by atoms with van der Waals surface area (Å²) >= 11 is 1.27.